The lowest BCUT2D eigenvalue weighted by Crippen LogP contribution is -2.48. The van der Waals surface area contributed by atoms with Gasteiger partial charge in [-0.2, -0.15) is 0 Å². The summed E-state index contributed by atoms with van der Waals surface area (Å²) in [6.45, 7) is 6.28. The summed E-state index contributed by atoms with van der Waals surface area (Å²) in [4.78, 5) is 13.6. The van der Waals surface area contributed by atoms with Gasteiger partial charge in [0.2, 0.25) is 5.91 Å². The molecule has 0 radical (unpaired) electrons. The SMILES string of the molecule is CN(Cc1ccc(Br)o1)C(=O)[C@@H](N)C(C)(C)C. The number of carbonyl (C=O) groups is 1. The Morgan fingerprint density at radius 1 is 1.53 bits per heavy atom. The molecule has 0 aliphatic heterocycles. The van der Waals surface area contributed by atoms with Crippen molar-refractivity contribution in [2.45, 2.75) is 33.4 Å². The van der Waals surface area contributed by atoms with Crippen LogP contribution in [0.1, 0.15) is 26.5 Å². The molecule has 4 nitrogen and oxygen atoms in total. The Labute approximate surface area is 110 Å². The van der Waals surface area contributed by atoms with E-state index in [9.17, 15) is 4.79 Å². The van der Waals surface area contributed by atoms with Gasteiger partial charge in [0.15, 0.2) is 4.67 Å². The molecule has 1 heterocycles. The van der Waals surface area contributed by atoms with E-state index in [2.05, 4.69) is 15.9 Å². The largest absolute Gasteiger partial charge is 0.452 e. The van der Waals surface area contributed by atoms with Gasteiger partial charge in [-0.3, -0.25) is 4.79 Å². The molecule has 0 aliphatic carbocycles. The molecule has 0 aliphatic rings. The second-order valence-electron chi connectivity index (χ2n) is 5.24. The topological polar surface area (TPSA) is 59.5 Å². The Kier molecular flexibility index (Phi) is 4.38. The molecule has 0 saturated heterocycles. The highest BCUT2D eigenvalue weighted by Crippen LogP contribution is 2.20. The number of halogens is 1. The molecular weight excluding hydrogens is 284 g/mol. The third-order valence-corrected chi connectivity index (χ3v) is 3.02. The van der Waals surface area contributed by atoms with Crippen molar-refractivity contribution in [1.29, 1.82) is 0 Å². The molecule has 0 aromatic carbocycles. The maximum absolute atomic E-state index is 12.0. The van der Waals surface area contributed by atoms with Crippen LogP contribution in [0.5, 0.6) is 0 Å². The van der Waals surface area contributed by atoms with Crippen molar-refractivity contribution in [2.24, 2.45) is 11.1 Å². The van der Waals surface area contributed by atoms with Crippen molar-refractivity contribution >= 4 is 21.8 Å². The molecule has 0 spiro atoms. The van der Waals surface area contributed by atoms with E-state index in [0.29, 0.717) is 11.2 Å². The van der Waals surface area contributed by atoms with Gasteiger partial charge < -0.3 is 15.1 Å². The Morgan fingerprint density at radius 2 is 2.12 bits per heavy atom. The summed E-state index contributed by atoms with van der Waals surface area (Å²) in [6, 6.07) is 3.12. The highest BCUT2D eigenvalue weighted by atomic mass is 79.9. The lowest BCUT2D eigenvalue weighted by atomic mass is 9.86. The van der Waals surface area contributed by atoms with E-state index in [-0.39, 0.29) is 11.3 Å². The molecule has 17 heavy (non-hydrogen) atoms. The maximum atomic E-state index is 12.0. The first-order valence-electron chi connectivity index (χ1n) is 5.46. The molecule has 2 N–H and O–H groups in total. The summed E-state index contributed by atoms with van der Waals surface area (Å²) in [5, 5.41) is 0. The molecule has 1 atom stereocenters. The number of likely N-dealkylation sites (N-methyl/N-ethyl adjacent to an activating group) is 1. The first-order valence-corrected chi connectivity index (χ1v) is 6.26. The van der Waals surface area contributed by atoms with Crippen LogP contribution in [-0.4, -0.2) is 23.9 Å². The van der Waals surface area contributed by atoms with Crippen LogP contribution in [0.2, 0.25) is 0 Å². The number of rotatable bonds is 3. The van der Waals surface area contributed by atoms with E-state index in [4.69, 9.17) is 10.2 Å². The molecule has 1 aromatic rings. The predicted molar refractivity (Wildman–Crippen MR) is 70.3 cm³/mol. The summed E-state index contributed by atoms with van der Waals surface area (Å²) in [5.41, 5.74) is 5.68. The molecule has 0 saturated carbocycles. The van der Waals surface area contributed by atoms with E-state index in [1.54, 1.807) is 18.0 Å². The Morgan fingerprint density at radius 3 is 2.53 bits per heavy atom. The van der Waals surface area contributed by atoms with E-state index >= 15 is 0 Å². The van der Waals surface area contributed by atoms with Gasteiger partial charge in [-0.25, -0.2) is 0 Å². The van der Waals surface area contributed by atoms with Crippen molar-refractivity contribution in [1.82, 2.24) is 4.90 Å². The first-order chi connectivity index (χ1) is 7.71. The van der Waals surface area contributed by atoms with Gasteiger partial charge in [0, 0.05) is 7.05 Å². The van der Waals surface area contributed by atoms with E-state index in [1.165, 1.54) is 0 Å². The number of nitrogens with zero attached hydrogens (tertiary/aromatic N) is 1. The minimum Gasteiger partial charge on any atom is -0.452 e. The molecule has 1 aromatic heterocycles. The smallest absolute Gasteiger partial charge is 0.240 e. The Bertz CT molecular complexity index is 395. The number of hydrogen-bond donors (Lipinski definition) is 1. The number of hydrogen-bond acceptors (Lipinski definition) is 3. The average Bonchev–Trinajstić information content (AvgIpc) is 2.60. The summed E-state index contributed by atoms with van der Waals surface area (Å²) in [7, 11) is 1.73. The van der Waals surface area contributed by atoms with Crippen LogP contribution in [0, 0.1) is 5.41 Å². The van der Waals surface area contributed by atoms with E-state index in [0.717, 1.165) is 5.76 Å². The Hall–Kier alpha value is -0.810. The fourth-order valence-corrected chi connectivity index (χ4v) is 1.70. The third-order valence-electron chi connectivity index (χ3n) is 2.60. The summed E-state index contributed by atoms with van der Waals surface area (Å²) in [6.07, 6.45) is 0. The van der Waals surface area contributed by atoms with Crippen molar-refractivity contribution in [2.75, 3.05) is 7.05 Å². The van der Waals surface area contributed by atoms with Crippen LogP contribution >= 0.6 is 15.9 Å². The van der Waals surface area contributed by atoms with Gasteiger partial charge in [-0.15, -0.1) is 0 Å². The zero-order chi connectivity index (χ0) is 13.2. The second kappa shape index (κ2) is 5.23. The van der Waals surface area contributed by atoms with Crippen LogP contribution in [-0.2, 0) is 11.3 Å². The zero-order valence-corrected chi connectivity index (χ0v) is 12.2. The highest BCUT2D eigenvalue weighted by Gasteiger charge is 2.29. The lowest BCUT2D eigenvalue weighted by molar-refractivity contribution is -0.134. The van der Waals surface area contributed by atoms with Gasteiger partial charge in [-0.05, 0) is 33.5 Å². The number of amides is 1. The Balaban J connectivity index is 2.65. The summed E-state index contributed by atoms with van der Waals surface area (Å²) >= 11 is 3.22. The predicted octanol–water partition coefficient (Wildman–Crippen LogP) is 2.37. The summed E-state index contributed by atoms with van der Waals surface area (Å²) < 4.78 is 6.01. The maximum Gasteiger partial charge on any atom is 0.240 e. The zero-order valence-electron chi connectivity index (χ0n) is 10.7. The van der Waals surface area contributed by atoms with Crippen molar-refractivity contribution in [3.63, 3.8) is 0 Å². The quantitative estimate of drug-likeness (QED) is 0.932. The molecule has 1 rings (SSSR count). The number of carbonyl (C=O) groups excluding carboxylic acids is 1. The van der Waals surface area contributed by atoms with Gasteiger partial charge >= 0.3 is 0 Å². The molecule has 1 amide bonds. The average molecular weight is 303 g/mol. The van der Waals surface area contributed by atoms with Crippen LogP contribution < -0.4 is 5.73 Å². The van der Waals surface area contributed by atoms with Gasteiger partial charge in [0.25, 0.3) is 0 Å². The van der Waals surface area contributed by atoms with Crippen molar-refractivity contribution in [3.05, 3.63) is 22.6 Å². The number of nitrogens with two attached hydrogens (primary N) is 1. The second-order valence-corrected chi connectivity index (χ2v) is 6.03. The van der Waals surface area contributed by atoms with Crippen LogP contribution in [0.3, 0.4) is 0 Å². The molecule has 0 bridgehead atoms. The lowest BCUT2D eigenvalue weighted by Gasteiger charge is -2.29. The molecule has 5 heteroatoms. The van der Waals surface area contributed by atoms with E-state index in [1.807, 2.05) is 26.8 Å². The normalized spacial score (nSPS) is 13.5. The third kappa shape index (κ3) is 3.85. The highest BCUT2D eigenvalue weighted by molar-refractivity contribution is 9.10. The van der Waals surface area contributed by atoms with Gasteiger partial charge in [-0.1, -0.05) is 20.8 Å². The van der Waals surface area contributed by atoms with Crippen LogP contribution in [0.4, 0.5) is 0 Å². The molecule has 0 fully saturated rings. The molecule has 96 valence electrons. The first kappa shape index (κ1) is 14.3. The standard InChI is InChI=1S/C12H19BrN2O2/c1-12(2,3)10(14)11(16)15(4)7-8-5-6-9(13)17-8/h5-6,10H,7,14H2,1-4H3/t10-/m1/s1. The molecular formula is C12H19BrN2O2. The molecule has 0 unspecified atom stereocenters. The fourth-order valence-electron chi connectivity index (χ4n) is 1.36. The van der Waals surface area contributed by atoms with Crippen LogP contribution in [0.15, 0.2) is 21.2 Å². The van der Waals surface area contributed by atoms with Gasteiger partial charge in [0.1, 0.15) is 5.76 Å². The van der Waals surface area contributed by atoms with Crippen molar-refractivity contribution in [3.8, 4) is 0 Å². The minimum absolute atomic E-state index is 0.0787. The monoisotopic (exact) mass is 302 g/mol. The fraction of sp³-hybridized carbons (Fsp3) is 0.583. The van der Waals surface area contributed by atoms with Gasteiger partial charge in [0.05, 0.1) is 12.6 Å². The number of furan rings is 1. The minimum atomic E-state index is -0.508. The van der Waals surface area contributed by atoms with Crippen molar-refractivity contribution < 1.29 is 9.21 Å². The van der Waals surface area contributed by atoms with E-state index < -0.39 is 6.04 Å². The summed E-state index contributed by atoms with van der Waals surface area (Å²) in [5.74, 6) is 0.652. The van der Waals surface area contributed by atoms with Crippen LogP contribution in [0.25, 0.3) is 0 Å².